The first-order valence-corrected chi connectivity index (χ1v) is 8.34. The van der Waals surface area contributed by atoms with Gasteiger partial charge in [0.1, 0.15) is 5.82 Å². The number of nitrogens with zero attached hydrogens (tertiary/aromatic N) is 3. The van der Waals surface area contributed by atoms with Crippen LogP contribution in [-0.2, 0) is 6.18 Å². The van der Waals surface area contributed by atoms with Gasteiger partial charge in [0.25, 0.3) is 0 Å². The molecule has 1 aromatic heterocycles. The lowest BCUT2D eigenvalue weighted by Gasteiger charge is -2.32. The Kier molecular flexibility index (Phi) is 5.84. The van der Waals surface area contributed by atoms with Crippen molar-refractivity contribution < 1.29 is 13.2 Å². The number of thiocarbonyl (C=S) groups is 1. The molecule has 134 valence electrons. The van der Waals surface area contributed by atoms with E-state index >= 15 is 0 Å². The lowest BCUT2D eigenvalue weighted by Crippen LogP contribution is -2.36. The summed E-state index contributed by atoms with van der Waals surface area (Å²) in [5, 5.41) is 5.75. The van der Waals surface area contributed by atoms with Crippen LogP contribution in [0.15, 0.2) is 6.07 Å². The Balaban J connectivity index is 2.29. The van der Waals surface area contributed by atoms with Gasteiger partial charge in [-0.25, -0.2) is 4.98 Å². The predicted molar refractivity (Wildman–Crippen MR) is 92.1 cm³/mol. The predicted octanol–water partition coefficient (Wildman–Crippen LogP) is 3.43. The minimum atomic E-state index is -4.54. The summed E-state index contributed by atoms with van der Waals surface area (Å²) in [6, 6.07) is 1.06. The Hall–Kier alpha value is -1.64. The molecule has 1 saturated heterocycles. The Morgan fingerprint density at radius 1 is 1.38 bits per heavy atom. The fourth-order valence-electron chi connectivity index (χ4n) is 2.59. The van der Waals surface area contributed by atoms with E-state index in [-0.39, 0.29) is 22.9 Å². The summed E-state index contributed by atoms with van der Waals surface area (Å²) in [5.74, 6) is 0.554. The molecule has 2 N–H and O–H groups in total. The SMILES string of the molecule is CC1CCCN(c2cc(C(F)(F)F)nc(NC(=S)NC(C)C)n2)C1. The Morgan fingerprint density at radius 3 is 2.67 bits per heavy atom. The van der Waals surface area contributed by atoms with Crippen LogP contribution in [0.3, 0.4) is 0 Å². The van der Waals surface area contributed by atoms with Crippen molar-refractivity contribution in [3.05, 3.63) is 11.8 Å². The summed E-state index contributed by atoms with van der Waals surface area (Å²) < 4.78 is 39.5. The van der Waals surface area contributed by atoms with E-state index < -0.39 is 11.9 Å². The minimum Gasteiger partial charge on any atom is -0.360 e. The summed E-state index contributed by atoms with van der Waals surface area (Å²) in [6.45, 7) is 7.21. The summed E-state index contributed by atoms with van der Waals surface area (Å²) in [6.07, 6.45) is -2.54. The number of aromatic nitrogens is 2. The molecule has 0 aliphatic carbocycles. The van der Waals surface area contributed by atoms with Gasteiger partial charge in [-0.1, -0.05) is 6.92 Å². The molecule has 0 aromatic carbocycles. The number of alkyl halides is 3. The summed E-state index contributed by atoms with van der Waals surface area (Å²) >= 11 is 5.07. The van der Waals surface area contributed by atoms with Crippen LogP contribution in [0.1, 0.15) is 39.3 Å². The van der Waals surface area contributed by atoms with Crippen molar-refractivity contribution in [1.82, 2.24) is 15.3 Å². The maximum Gasteiger partial charge on any atom is 0.433 e. The van der Waals surface area contributed by atoms with Crippen LogP contribution in [0, 0.1) is 5.92 Å². The topological polar surface area (TPSA) is 53.1 Å². The van der Waals surface area contributed by atoms with Crippen molar-refractivity contribution in [3.8, 4) is 0 Å². The van der Waals surface area contributed by atoms with Gasteiger partial charge in [-0.2, -0.15) is 18.2 Å². The molecule has 0 spiro atoms. The quantitative estimate of drug-likeness (QED) is 0.805. The summed E-state index contributed by atoms with van der Waals surface area (Å²) in [4.78, 5) is 9.66. The smallest absolute Gasteiger partial charge is 0.360 e. The van der Waals surface area contributed by atoms with Crippen LogP contribution in [0.4, 0.5) is 24.9 Å². The maximum absolute atomic E-state index is 13.2. The van der Waals surface area contributed by atoms with Crippen molar-refractivity contribution in [2.45, 2.75) is 45.8 Å². The van der Waals surface area contributed by atoms with E-state index in [0.717, 1.165) is 18.9 Å². The third-order valence-electron chi connectivity index (χ3n) is 3.63. The van der Waals surface area contributed by atoms with E-state index in [1.165, 1.54) is 0 Å². The van der Waals surface area contributed by atoms with Gasteiger partial charge >= 0.3 is 6.18 Å². The Morgan fingerprint density at radius 2 is 2.08 bits per heavy atom. The molecule has 1 aliphatic rings. The number of rotatable bonds is 3. The Labute approximate surface area is 145 Å². The van der Waals surface area contributed by atoms with Crippen molar-refractivity contribution >= 4 is 29.1 Å². The van der Waals surface area contributed by atoms with Crippen molar-refractivity contribution in [2.75, 3.05) is 23.3 Å². The number of hydrogen-bond donors (Lipinski definition) is 2. The lowest BCUT2D eigenvalue weighted by atomic mass is 10.0. The van der Waals surface area contributed by atoms with E-state index in [0.29, 0.717) is 19.0 Å². The van der Waals surface area contributed by atoms with Gasteiger partial charge in [0.05, 0.1) is 0 Å². The highest BCUT2D eigenvalue weighted by molar-refractivity contribution is 7.80. The fourth-order valence-corrected chi connectivity index (χ4v) is 2.92. The first-order chi connectivity index (χ1) is 11.1. The molecule has 0 bridgehead atoms. The summed E-state index contributed by atoms with van der Waals surface area (Å²) in [5.41, 5.74) is -0.972. The molecule has 5 nitrogen and oxygen atoms in total. The molecule has 2 rings (SSSR count). The molecular formula is C15H22F3N5S. The van der Waals surface area contributed by atoms with Crippen LogP contribution >= 0.6 is 12.2 Å². The second-order valence-corrected chi connectivity index (χ2v) is 6.79. The third kappa shape index (κ3) is 5.19. The van der Waals surface area contributed by atoms with Crippen molar-refractivity contribution in [1.29, 1.82) is 0 Å². The zero-order valence-electron chi connectivity index (χ0n) is 13.9. The van der Waals surface area contributed by atoms with Gasteiger partial charge in [-0.3, -0.25) is 0 Å². The highest BCUT2D eigenvalue weighted by Crippen LogP contribution is 2.31. The average molecular weight is 361 g/mol. The zero-order valence-corrected chi connectivity index (χ0v) is 14.8. The van der Waals surface area contributed by atoms with E-state index in [1.807, 2.05) is 18.7 Å². The summed E-state index contributed by atoms with van der Waals surface area (Å²) in [7, 11) is 0. The molecule has 0 radical (unpaired) electrons. The number of piperidine rings is 1. The minimum absolute atomic E-state index is 0.0539. The lowest BCUT2D eigenvalue weighted by molar-refractivity contribution is -0.141. The van der Waals surface area contributed by atoms with E-state index in [9.17, 15) is 13.2 Å². The normalized spacial score (nSPS) is 18.6. The van der Waals surface area contributed by atoms with Gasteiger partial charge in [-0.05, 0) is 44.8 Å². The Bertz CT molecular complexity index is 591. The molecule has 1 aromatic rings. The highest BCUT2D eigenvalue weighted by atomic mass is 32.1. The van der Waals surface area contributed by atoms with E-state index in [4.69, 9.17) is 12.2 Å². The second-order valence-electron chi connectivity index (χ2n) is 6.38. The molecular weight excluding hydrogens is 339 g/mol. The second kappa shape index (κ2) is 7.50. The molecule has 1 unspecified atom stereocenters. The molecule has 0 saturated carbocycles. The van der Waals surface area contributed by atoms with Gasteiger partial charge in [0, 0.05) is 25.2 Å². The molecule has 9 heteroatoms. The van der Waals surface area contributed by atoms with Gasteiger partial charge in [0.15, 0.2) is 10.8 Å². The fraction of sp³-hybridized carbons (Fsp3) is 0.667. The first-order valence-electron chi connectivity index (χ1n) is 7.94. The number of anilines is 2. The molecule has 1 atom stereocenters. The van der Waals surface area contributed by atoms with Crippen LogP contribution in [0.25, 0.3) is 0 Å². The maximum atomic E-state index is 13.2. The largest absolute Gasteiger partial charge is 0.433 e. The zero-order chi connectivity index (χ0) is 17.9. The standard InChI is InChI=1S/C15H22F3N5S/c1-9(2)19-14(24)22-13-20-11(15(16,17)18)7-12(21-13)23-6-4-5-10(3)8-23/h7,9-10H,4-6,8H2,1-3H3,(H2,19,20,21,22,24). The van der Waals surface area contributed by atoms with Crippen LogP contribution in [-0.4, -0.2) is 34.2 Å². The van der Waals surface area contributed by atoms with Crippen LogP contribution in [0.5, 0.6) is 0 Å². The van der Waals surface area contributed by atoms with Gasteiger partial charge < -0.3 is 15.5 Å². The van der Waals surface area contributed by atoms with Crippen molar-refractivity contribution in [2.24, 2.45) is 5.92 Å². The average Bonchev–Trinajstić information content (AvgIpc) is 2.45. The van der Waals surface area contributed by atoms with E-state index in [2.05, 4.69) is 27.5 Å². The van der Waals surface area contributed by atoms with Crippen molar-refractivity contribution in [3.63, 3.8) is 0 Å². The molecule has 24 heavy (non-hydrogen) atoms. The van der Waals surface area contributed by atoms with Crippen LogP contribution in [0.2, 0.25) is 0 Å². The first kappa shape index (κ1) is 18.7. The molecule has 1 aliphatic heterocycles. The van der Waals surface area contributed by atoms with Crippen LogP contribution < -0.4 is 15.5 Å². The monoisotopic (exact) mass is 361 g/mol. The molecule has 2 heterocycles. The van der Waals surface area contributed by atoms with Gasteiger partial charge in [-0.15, -0.1) is 0 Å². The third-order valence-corrected chi connectivity index (χ3v) is 3.85. The number of nitrogens with one attached hydrogen (secondary N) is 2. The molecule has 1 fully saturated rings. The number of halogens is 3. The van der Waals surface area contributed by atoms with E-state index in [1.54, 1.807) is 0 Å². The highest BCUT2D eigenvalue weighted by Gasteiger charge is 2.34. The van der Waals surface area contributed by atoms with Gasteiger partial charge in [0.2, 0.25) is 5.95 Å². The molecule has 0 amide bonds. The number of hydrogen-bond acceptors (Lipinski definition) is 4.